The fourth-order valence-electron chi connectivity index (χ4n) is 2.31. The van der Waals surface area contributed by atoms with E-state index in [2.05, 4.69) is 16.7 Å². The molecule has 0 spiro atoms. The Morgan fingerprint density at radius 3 is 2.89 bits per heavy atom. The molecule has 0 fully saturated rings. The molecule has 4 heteroatoms. The van der Waals surface area contributed by atoms with Gasteiger partial charge in [0.2, 0.25) is 5.91 Å². The molecule has 0 aliphatic carbocycles. The fraction of sp³-hybridized carbons (Fsp3) is 0.533. The summed E-state index contributed by atoms with van der Waals surface area (Å²) in [6.07, 6.45) is 1.66. The highest BCUT2D eigenvalue weighted by Gasteiger charge is 2.25. The van der Waals surface area contributed by atoms with E-state index in [1.54, 1.807) is 0 Å². The molecule has 3 atom stereocenters. The molecule has 1 heterocycles. The van der Waals surface area contributed by atoms with E-state index in [-0.39, 0.29) is 30.5 Å². The van der Waals surface area contributed by atoms with Gasteiger partial charge in [-0.2, -0.15) is 0 Å². The van der Waals surface area contributed by atoms with Gasteiger partial charge in [0.1, 0.15) is 0 Å². The zero-order chi connectivity index (χ0) is 13.8. The van der Waals surface area contributed by atoms with Gasteiger partial charge >= 0.3 is 0 Å². The Hall–Kier alpha value is -1.39. The van der Waals surface area contributed by atoms with E-state index in [1.165, 1.54) is 5.56 Å². The van der Waals surface area contributed by atoms with Crippen LogP contribution in [0.3, 0.4) is 0 Å². The Balaban J connectivity index is 2.04. The molecule has 0 saturated carbocycles. The number of carbonyl (C=O) groups is 1. The third-order valence-electron chi connectivity index (χ3n) is 3.90. The molecule has 1 aromatic carbocycles. The maximum atomic E-state index is 12.2. The largest absolute Gasteiger partial charge is 0.396 e. The van der Waals surface area contributed by atoms with E-state index in [4.69, 9.17) is 5.11 Å². The standard InChI is InChI=1S/C15H22N2O2/c1-10(9-18)11(2)16-14-8-7-12-5-3-4-6-13(12)17-15(14)19/h3-6,10-11,14,16,18H,7-9H2,1-2H3,(H,17,19). The van der Waals surface area contributed by atoms with Crippen LogP contribution in [0.4, 0.5) is 5.69 Å². The number of rotatable bonds is 4. The average Bonchev–Trinajstić information content (AvgIpc) is 2.57. The molecule has 3 N–H and O–H groups in total. The van der Waals surface area contributed by atoms with Crippen molar-refractivity contribution in [1.29, 1.82) is 0 Å². The van der Waals surface area contributed by atoms with Gasteiger partial charge in [0.25, 0.3) is 0 Å². The van der Waals surface area contributed by atoms with E-state index in [0.29, 0.717) is 0 Å². The summed E-state index contributed by atoms with van der Waals surface area (Å²) >= 11 is 0. The first-order chi connectivity index (χ1) is 9.11. The highest BCUT2D eigenvalue weighted by atomic mass is 16.3. The van der Waals surface area contributed by atoms with Crippen LogP contribution in [-0.4, -0.2) is 29.7 Å². The molecule has 1 aliphatic rings. The predicted octanol–water partition coefficient (Wildman–Crippen LogP) is 1.55. The zero-order valence-corrected chi connectivity index (χ0v) is 11.5. The number of benzene rings is 1. The Morgan fingerprint density at radius 2 is 2.16 bits per heavy atom. The average molecular weight is 262 g/mol. The van der Waals surface area contributed by atoms with E-state index in [1.807, 2.05) is 32.0 Å². The first kappa shape index (κ1) is 14.0. The molecule has 0 bridgehead atoms. The zero-order valence-electron chi connectivity index (χ0n) is 11.5. The maximum absolute atomic E-state index is 12.2. The summed E-state index contributed by atoms with van der Waals surface area (Å²) in [4.78, 5) is 12.2. The summed E-state index contributed by atoms with van der Waals surface area (Å²) in [5.74, 6) is 0.153. The number of carbonyl (C=O) groups excluding carboxylic acids is 1. The van der Waals surface area contributed by atoms with Gasteiger partial charge in [-0.3, -0.25) is 4.79 Å². The summed E-state index contributed by atoms with van der Waals surface area (Å²) < 4.78 is 0. The van der Waals surface area contributed by atoms with Crippen LogP contribution < -0.4 is 10.6 Å². The normalized spacial score (nSPS) is 22.1. The van der Waals surface area contributed by atoms with Crippen LogP contribution in [0, 0.1) is 5.92 Å². The number of hydrogen-bond acceptors (Lipinski definition) is 3. The number of aliphatic hydroxyl groups excluding tert-OH is 1. The summed E-state index contributed by atoms with van der Waals surface area (Å²) in [6.45, 7) is 4.11. The lowest BCUT2D eigenvalue weighted by molar-refractivity contribution is -0.118. The molecule has 1 amide bonds. The third-order valence-corrected chi connectivity index (χ3v) is 3.90. The van der Waals surface area contributed by atoms with E-state index in [0.717, 1.165) is 18.5 Å². The molecule has 104 valence electrons. The molecule has 3 unspecified atom stereocenters. The maximum Gasteiger partial charge on any atom is 0.241 e. The van der Waals surface area contributed by atoms with Crippen LogP contribution >= 0.6 is 0 Å². The number of amides is 1. The number of nitrogens with one attached hydrogen (secondary N) is 2. The Labute approximate surface area is 114 Å². The lowest BCUT2D eigenvalue weighted by atomic mass is 10.0. The molecular weight excluding hydrogens is 240 g/mol. The third kappa shape index (κ3) is 3.33. The Morgan fingerprint density at radius 1 is 1.42 bits per heavy atom. The van der Waals surface area contributed by atoms with Gasteiger partial charge in [-0.1, -0.05) is 25.1 Å². The monoisotopic (exact) mass is 262 g/mol. The van der Waals surface area contributed by atoms with Crippen LogP contribution in [0.15, 0.2) is 24.3 Å². The molecular formula is C15H22N2O2. The van der Waals surface area contributed by atoms with E-state index < -0.39 is 0 Å². The lowest BCUT2D eigenvalue weighted by Crippen LogP contribution is -2.47. The van der Waals surface area contributed by atoms with Crippen molar-refractivity contribution in [1.82, 2.24) is 5.32 Å². The Bertz CT molecular complexity index is 448. The second-order valence-corrected chi connectivity index (χ2v) is 5.35. The van der Waals surface area contributed by atoms with Crippen LogP contribution in [0.2, 0.25) is 0 Å². The number of aliphatic hydroxyl groups is 1. The van der Waals surface area contributed by atoms with Crippen molar-refractivity contribution in [2.24, 2.45) is 5.92 Å². The highest BCUT2D eigenvalue weighted by molar-refractivity contribution is 5.96. The Kier molecular flexibility index (Phi) is 4.56. The van der Waals surface area contributed by atoms with Crippen molar-refractivity contribution in [3.63, 3.8) is 0 Å². The molecule has 2 rings (SSSR count). The lowest BCUT2D eigenvalue weighted by Gasteiger charge is -2.24. The molecule has 1 aliphatic heterocycles. The van der Waals surface area contributed by atoms with Crippen LogP contribution in [0.25, 0.3) is 0 Å². The van der Waals surface area contributed by atoms with Gasteiger partial charge in [-0.05, 0) is 37.3 Å². The molecule has 1 aromatic rings. The first-order valence-electron chi connectivity index (χ1n) is 6.87. The van der Waals surface area contributed by atoms with Crippen molar-refractivity contribution in [3.05, 3.63) is 29.8 Å². The SMILES string of the molecule is CC(CO)C(C)NC1CCc2ccccc2NC1=O. The number of anilines is 1. The number of aryl methyl sites for hydroxylation is 1. The predicted molar refractivity (Wildman–Crippen MR) is 76.0 cm³/mol. The second kappa shape index (κ2) is 6.17. The number of hydrogen-bond donors (Lipinski definition) is 3. The summed E-state index contributed by atoms with van der Waals surface area (Å²) in [5, 5.41) is 15.5. The molecule has 4 nitrogen and oxygen atoms in total. The van der Waals surface area contributed by atoms with E-state index in [9.17, 15) is 4.79 Å². The van der Waals surface area contributed by atoms with Crippen molar-refractivity contribution in [3.8, 4) is 0 Å². The minimum Gasteiger partial charge on any atom is -0.396 e. The van der Waals surface area contributed by atoms with Gasteiger partial charge in [-0.25, -0.2) is 0 Å². The number of fused-ring (bicyclic) bond motifs is 1. The fourth-order valence-corrected chi connectivity index (χ4v) is 2.31. The summed E-state index contributed by atoms with van der Waals surface area (Å²) in [5.41, 5.74) is 2.10. The topological polar surface area (TPSA) is 61.4 Å². The summed E-state index contributed by atoms with van der Waals surface area (Å²) in [7, 11) is 0. The first-order valence-corrected chi connectivity index (χ1v) is 6.87. The van der Waals surface area contributed by atoms with Crippen LogP contribution in [0.1, 0.15) is 25.8 Å². The summed E-state index contributed by atoms with van der Waals surface area (Å²) in [6, 6.07) is 7.84. The van der Waals surface area contributed by atoms with E-state index >= 15 is 0 Å². The quantitative estimate of drug-likeness (QED) is 0.771. The second-order valence-electron chi connectivity index (χ2n) is 5.35. The van der Waals surface area contributed by atoms with Crippen LogP contribution in [0.5, 0.6) is 0 Å². The molecule has 0 radical (unpaired) electrons. The van der Waals surface area contributed by atoms with Crippen LogP contribution in [-0.2, 0) is 11.2 Å². The van der Waals surface area contributed by atoms with Gasteiger partial charge in [-0.15, -0.1) is 0 Å². The highest BCUT2D eigenvalue weighted by Crippen LogP contribution is 2.21. The van der Waals surface area contributed by atoms with Crippen molar-refractivity contribution >= 4 is 11.6 Å². The molecule has 0 saturated heterocycles. The minimum absolute atomic E-state index is 0.0157. The van der Waals surface area contributed by atoms with Crippen molar-refractivity contribution < 1.29 is 9.90 Å². The number of para-hydroxylation sites is 1. The van der Waals surface area contributed by atoms with Gasteiger partial charge in [0.15, 0.2) is 0 Å². The van der Waals surface area contributed by atoms with Gasteiger partial charge < -0.3 is 15.7 Å². The van der Waals surface area contributed by atoms with Gasteiger partial charge in [0.05, 0.1) is 6.04 Å². The minimum atomic E-state index is -0.198. The van der Waals surface area contributed by atoms with Crippen molar-refractivity contribution in [2.75, 3.05) is 11.9 Å². The molecule has 0 aromatic heterocycles. The van der Waals surface area contributed by atoms with Crippen molar-refractivity contribution in [2.45, 2.75) is 38.8 Å². The molecule has 19 heavy (non-hydrogen) atoms. The van der Waals surface area contributed by atoms with Gasteiger partial charge in [0, 0.05) is 18.3 Å². The smallest absolute Gasteiger partial charge is 0.241 e.